The number of hydrogen-bond acceptors (Lipinski definition) is 3. The minimum Gasteiger partial charge on any atom is -0.507 e. The number of hydrogen-bond donors (Lipinski definition) is 3. The number of carbonyl (C=O) groups is 1. The standard InChI is InChI=1S/C17H15NO3/c1-12-8-9-14(16(20)11-12)17(21)18-15-7-3-2-5-13(15)6-4-10-19/h2-3,5,7-9,11,19-20H,10H2,1H3,(H,18,21). The molecule has 2 aromatic rings. The molecule has 106 valence electrons. The number of nitrogens with one attached hydrogen (secondary N) is 1. The second-order valence-electron chi connectivity index (χ2n) is 4.48. The molecule has 1 amide bonds. The quantitative estimate of drug-likeness (QED) is 0.740. The number of aryl methyl sites for hydroxylation is 1. The Hall–Kier alpha value is -2.77. The third-order valence-electron chi connectivity index (χ3n) is 2.88. The van der Waals surface area contributed by atoms with Crippen LogP contribution in [0.25, 0.3) is 0 Å². The summed E-state index contributed by atoms with van der Waals surface area (Å²) >= 11 is 0. The molecule has 0 atom stereocenters. The van der Waals surface area contributed by atoms with Crippen LogP contribution in [0.5, 0.6) is 5.75 Å². The highest BCUT2D eigenvalue weighted by Crippen LogP contribution is 2.21. The predicted octanol–water partition coefficient (Wildman–Crippen LogP) is 2.30. The van der Waals surface area contributed by atoms with E-state index in [1.165, 1.54) is 6.07 Å². The lowest BCUT2D eigenvalue weighted by Gasteiger charge is -2.09. The number of carbonyl (C=O) groups excluding carboxylic acids is 1. The molecule has 0 fully saturated rings. The SMILES string of the molecule is Cc1ccc(C(=O)Nc2ccccc2C#CCO)c(O)c1. The first kappa shape index (κ1) is 14.6. The van der Waals surface area contributed by atoms with Gasteiger partial charge in [0.25, 0.3) is 5.91 Å². The van der Waals surface area contributed by atoms with Gasteiger partial charge in [-0.05, 0) is 36.8 Å². The van der Waals surface area contributed by atoms with Crippen LogP contribution in [0, 0.1) is 18.8 Å². The van der Waals surface area contributed by atoms with Crippen molar-refractivity contribution >= 4 is 11.6 Å². The zero-order valence-electron chi connectivity index (χ0n) is 11.6. The molecule has 0 aliphatic carbocycles. The Morgan fingerprint density at radius 3 is 2.71 bits per heavy atom. The van der Waals surface area contributed by atoms with Gasteiger partial charge in [0.2, 0.25) is 0 Å². The summed E-state index contributed by atoms with van der Waals surface area (Å²) in [7, 11) is 0. The van der Waals surface area contributed by atoms with Crippen LogP contribution in [0.15, 0.2) is 42.5 Å². The zero-order chi connectivity index (χ0) is 15.2. The van der Waals surface area contributed by atoms with Crippen molar-refractivity contribution < 1.29 is 15.0 Å². The first-order valence-electron chi connectivity index (χ1n) is 6.41. The molecule has 0 aliphatic heterocycles. The Bertz CT molecular complexity index is 726. The molecule has 2 rings (SSSR count). The number of aliphatic hydroxyl groups excluding tert-OH is 1. The van der Waals surface area contributed by atoms with E-state index in [-0.39, 0.29) is 17.9 Å². The molecule has 3 N–H and O–H groups in total. The minimum absolute atomic E-state index is 0.0635. The van der Waals surface area contributed by atoms with Crippen molar-refractivity contribution in [2.75, 3.05) is 11.9 Å². The molecular formula is C17H15NO3. The van der Waals surface area contributed by atoms with Crippen LogP contribution in [0.4, 0.5) is 5.69 Å². The van der Waals surface area contributed by atoms with Crippen molar-refractivity contribution in [3.8, 4) is 17.6 Å². The van der Waals surface area contributed by atoms with Crippen molar-refractivity contribution in [2.24, 2.45) is 0 Å². The molecule has 0 bridgehead atoms. The molecule has 21 heavy (non-hydrogen) atoms. The molecule has 0 aromatic heterocycles. The van der Waals surface area contributed by atoms with E-state index in [0.717, 1.165) is 5.56 Å². The summed E-state index contributed by atoms with van der Waals surface area (Å²) in [6.07, 6.45) is 0. The van der Waals surface area contributed by atoms with Crippen molar-refractivity contribution in [3.63, 3.8) is 0 Å². The number of benzene rings is 2. The Morgan fingerprint density at radius 1 is 1.24 bits per heavy atom. The molecule has 0 saturated carbocycles. The molecule has 4 nitrogen and oxygen atoms in total. The van der Waals surface area contributed by atoms with E-state index in [2.05, 4.69) is 17.2 Å². The maximum atomic E-state index is 12.2. The molecular weight excluding hydrogens is 266 g/mol. The van der Waals surface area contributed by atoms with Gasteiger partial charge in [-0.3, -0.25) is 4.79 Å². The molecule has 0 unspecified atom stereocenters. The van der Waals surface area contributed by atoms with E-state index in [1.54, 1.807) is 36.4 Å². The fourth-order valence-electron chi connectivity index (χ4n) is 1.86. The fourth-order valence-corrected chi connectivity index (χ4v) is 1.86. The third-order valence-corrected chi connectivity index (χ3v) is 2.88. The lowest BCUT2D eigenvalue weighted by atomic mass is 10.1. The highest BCUT2D eigenvalue weighted by molar-refractivity contribution is 6.06. The number of aliphatic hydroxyl groups is 1. The van der Waals surface area contributed by atoms with Gasteiger partial charge in [-0.15, -0.1) is 0 Å². The van der Waals surface area contributed by atoms with Crippen LogP contribution in [0.2, 0.25) is 0 Å². The number of amides is 1. The second-order valence-corrected chi connectivity index (χ2v) is 4.48. The van der Waals surface area contributed by atoms with E-state index in [4.69, 9.17) is 5.11 Å². The van der Waals surface area contributed by atoms with Gasteiger partial charge in [-0.1, -0.05) is 30.0 Å². The minimum atomic E-state index is -0.411. The Labute approximate surface area is 123 Å². The highest BCUT2D eigenvalue weighted by atomic mass is 16.3. The van der Waals surface area contributed by atoms with Gasteiger partial charge in [-0.25, -0.2) is 0 Å². The van der Waals surface area contributed by atoms with Crippen LogP contribution < -0.4 is 5.32 Å². The van der Waals surface area contributed by atoms with Crippen molar-refractivity contribution in [1.82, 2.24) is 0 Å². The highest BCUT2D eigenvalue weighted by Gasteiger charge is 2.12. The maximum absolute atomic E-state index is 12.2. The Balaban J connectivity index is 2.27. The topological polar surface area (TPSA) is 69.6 Å². The van der Waals surface area contributed by atoms with Gasteiger partial charge in [0.1, 0.15) is 12.4 Å². The summed E-state index contributed by atoms with van der Waals surface area (Å²) in [5, 5.41) is 21.3. The van der Waals surface area contributed by atoms with Gasteiger partial charge in [0, 0.05) is 5.56 Å². The average molecular weight is 281 g/mol. The molecule has 0 radical (unpaired) electrons. The Morgan fingerprint density at radius 2 is 2.00 bits per heavy atom. The van der Waals surface area contributed by atoms with Gasteiger partial charge in [-0.2, -0.15) is 0 Å². The molecule has 4 heteroatoms. The molecule has 0 saturated heterocycles. The fraction of sp³-hybridized carbons (Fsp3) is 0.118. The maximum Gasteiger partial charge on any atom is 0.259 e. The summed E-state index contributed by atoms with van der Waals surface area (Å²) in [4.78, 5) is 12.2. The second kappa shape index (κ2) is 6.60. The van der Waals surface area contributed by atoms with Gasteiger partial charge in [0.15, 0.2) is 0 Å². The summed E-state index contributed by atoms with van der Waals surface area (Å²) in [6, 6.07) is 11.9. The Kier molecular flexibility index (Phi) is 4.60. The molecule has 0 aliphatic rings. The summed E-state index contributed by atoms with van der Waals surface area (Å²) in [6.45, 7) is 1.59. The van der Waals surface area contributed by atoms with E-state index in [0.29, 0.717) is 11.3 Å². The molecule has 0 heterocycles. The van der Waals surface area contributed by atoms with E-state index >= 15 is 0 Å². The van der Waals surface area contributed by atoms with Gasteiger partial charge < -0.3 is 15.5 Å². The van der Waals surface area contributed by atoms with Gasteiger partial charge >= 0.3 is 0 Å². The zero-order valence-corrected chi connectivity index (χ0v) is 11.6. The van der Waals surface area contributed by atoms with E-state index < -0.39 is 5.91 Å². The van der Waals surface area contributed by atoms with Gasteiger partial charge in [0.05, 0.1) is 11.3 Å². The largest absolute Gasteiger partial charge is 0.507 e. The van der Waals surface area contributed by atoms with E-state index in [9.17, 15) is 9.90 Å². The van der Waals surface area contributed by atoms with Crippen LogP contribution in [-0.2, 0) is 0 Å². The number of para-hydroxylation sites is 1. The number of phenols is 1. The first-order chi connectivity index (χ1) is 10.1. The summed E-state index contributed by atoms with van der Waals surface area (Å²) in [5.41, 5.74) is 2.21. The molecule has 0 spiro atoms. The van der Waals surface area contributed by atoms with Crippen LogP contribution in [0.3, 0.4) is 0 Å². The first-order valence-corrected chi connectivity index (χ1v) is 6.41. The lowest BCUT2D eigenvalue weighted by molar-refractivity contribution is 0.102. The van der Waals surface area contributed by atoms with Crippen molar-refractivity contribution in [1.29, 1.82) is 0 Å². The lowest BCUT2D eigenvalue weighted by Crippen LogP contribution is -2.13. The average Bonchev–Trinajstić information content (AvgIpc) is 2.46. The number of anilines is 1. The third kappa shape index (κ3) is 3.62. The number of phenolic OH excluding ortho intramolecular Hbond substituents is 1. The normalized spacial score (nSPS) is 9.62. The van der Waals surface area contributed by atoms with Crippen LogP contribution >= 0.6 is 0 Å². The molecule has 2 aromatic carbocycles. The van der Waals surface area contributed by atoms with Crippen molar-refractivity contribution in [3.05, 3.63) is 59.2 Å². The van der Waals surface area contributed by atoms with E-state index in [1.807, 2.05) is 6.92 Å². The van der Waals surface area contributed by atoms with Crippen LogP contribution in [-0.4, -0.2) is 22.7 Å². The smallest absolute Gasteiger partial charge is 0.259 e. The number of aromatic hydroxyl groups is 1. The summed E-state index contributed by atoms with van der Waals surface area (Å²) < 4.78 is 0. The monoisotopic (exact) mass is 281 g/mol. The number of rotatable bonds is 2. The van der Waals surface area contributed by atoms with Crippen molar-refractivity contribution in [2.45, 2.75) is 6.92 Å². The summed E-state index contributed by atoms with van der Waals surface area (Å²) in [5.74, 6) is 4.83. The predicted molar refractivity (Wildman–Crippen MR) is 81.2 cm³/mol. The van der Waals surface area contributed by atoms with Crippen LogP contribution in [0.1, 0.15) is 21.5 Å².